The summed E-state index contributed by atoms with van der Waals surface area (Å²) < 4.78 is 7.26. The van der Waals surface area contributed by atoms with E-state index in [-0.39, 0.29) is 5.56 Å². The molecule has 0 amide bonds. The van der Waals surface area contributed by atoms with Crippen molar-refractivity contribution in [1.82, 2.24) is 9.55 Å². The summed E-state index contributed by atoms with van der Waals surface area (Å²) in [7, 11) is 1.75. The van der Waals surface area contributed by atoms with E-state index in [1.54, 1.807) is 24.0 Å². The number of halogens is 1. The van der Waals surface area contributed by atoms with Crippen molar-refractivity contribution in [3.8, 4) is 0 Å². The number of nitrogens with zero attached hydrogens (tertiary/aromatic N) is 3. The smallest absolute Gasteiger partial charge is 0.293 e. The number of piperidine rings is 1. The molecule has 1 saturated heterocycles. The molecular weight excluding hydrogens is 298 g/mol. The van der Waals surface area contributed by atoms with Crippen molar-refractivity contribution >= 4 is 21.7 Å². The summed E-state index contributed by atoms with van der Waals surface area (Å²) in [5.41, 5.74) is -0.0303. The van der Waals surface area contributed by atoms with Crippen molar-refractivity contribution in [2.75, 3.05) is 29.9 Å². The molecular formula is C12H18BrN3O2. The van der Waals surface area contributed by atoms with E-state index in [0.29, 0.717) is 11.9 Å². The van der Waals surface area contributed by atoms with Gasteiger partial charge in [0, 0.05) is 37.9 Å². The number of aromatic nitrogens is 2. The molecule has 0 spiro atoms. The van der Waals surface area contributed by atoms with Crippen molar-refractivity contribution in [2.24, 2.45) is 7.05 Å². The van der Waals surface area contributed by atoms with Crippen LogP contribution in [0.5, 0.6) is 0 Å². The van der Waals surface area contributed by atoms with Crippen LogP contribution in [0.4, 0.5) is 5.82 Å². The van der Waals surface area contributed by atoms with Gasteiger partial charge in [0.2, 0.25) is 0 Å². The number of hydrogen-bond donors (Lipinski definition) is 0. The summed E-state index contributed by atoms with van der Waals surface area (Å²) in [6.07, 6.45) is 5.56. The first-order valence-corrected chi connectivity index (χ1v) is 7.28. The van der Waals surface area contributed by atoms with Crippen molar-refractivity contribution in [3.05, 3.63) is 22.7 Å². The lowest BCUT2D eigenvalue weighted by Gasteiger charge is -2.32. The largest absolute Gasteiger partial charge is 0.377 e. The van der Waals surface area contributed by atoms with Crippen molar-refractivity contribution < 1.29 is 4.74 Å². The van der Waals surface area contributed by atoms with Crippen LogP contribution in [0.25, 0.3) is 0 Å². The van der Waals surface area contributed by atoms with Gasteiger partial charge >= 0.3 is 0 Å². The van der Waals surface area contributed by atoms with Crippen LogP contribution >= 0.6 is 15.9 Å². The van der Waals surface area contributed by atoms with Gasteiger partial charge in [-0.05, 0) is 12.8 Å². The highest BCUT2D eigenvalue weighted by molar-refractivity contribution is 9.09. The Bertz CT molecular complexity index is 441. The average molecular weight is 316 g/mol. The van der Waals surface area contributed by atoms with Gasteiger partial charge in [-0.2, -0.15) is 0 Å². The van der Waals surface area contributed by atoms with Gasteiger partial charge in [0.15, 0.2) is 5.82 Å². The van der Waals surface area contributed by atoms with E-state index < -0.39 is 0 Å². The fraction of sp³-hybridized carbons (Fsp3) is 0.667. The molecule has 1 fully saturated rings. The maximum absolute atomic E-state index is 11.9. The van der Waals surface area contributed by atoms with Crippen LogP contribution in [0.2, 0.25) is 0 Å². The van der Waals surface area contributed by atoms with Crippen LogP contribution in [0, 0.1) is 0 Å². The first-order chi connectivity index (χ1) is 8.72. The number of ether oxygens (including phenoxy) is 1. The minimum atomic E-state index is -0.0303. The summed E-state index contributed by atoms with van der Waals surface area (Å²) in [5, 5.41) is 0.869. The fourth-order valence-electron chi connectivity index (χ4n) is 2.15. The van der Waals surface area contributed by atoms with Gasteiger partial charge < -0.3 is 14.2 Å². The molecule has 0 N–H and O–H groups in total. The molecule has 0 radical (unpaired) electrons. The van der Waals surface area contributed by atoms with Crippen LogP contribution in [0.15, 0.2) is 17.2 Å². The lowest BCUT2D eigenvalue weighted by Crippen LogP contribution is -2.41. The van der Waals surface area contributed by atoms with Crippen molar-refractivity contribution in [1.29, 1.82) is 0 Å². The summed E-state index contributed by atoms with van der Waals surface area (Å²) in [6, 6.07) is 0. The Kier molecular flexibility index (Phi) is 4.77. The number of aryl methyl sites for hydroxylation is 1. The molecule has 0 atom stereocenters. The monoisotopic (exact) mass is 315 g/mol. The topological polar surface area (TPSA) is 47.4 Å². The highest BCUT2D eigenvalue weighted by atomic mass is 79.9. The van der Waals surface area contributed by atoms with Gasteiger partial charge in [-0.3, -0.25) is 4.79 Å². The van der Waals surface area contributed by atoms with Crippen LogP contribution in [-0.2, 0) is 11.8 Å². The molecule has 0 bridgehead atoms. The first-order valence-electron chi connectivity index (χ1n) is 6.16. The molecule has 0 aromatic carbocycles. The minimum absolute atomic E-state index is 0.0303. The molecule has 2 rings (SSSR count). The zero-order valence-corrected chi connectivity index (χ0v) is 12.1. The van der Waals surface area contributed by atoms with E-state index in [1.807, 2.05) is 0 Å². The molecule has 0 aliphatic carbocycles. The van der Waals surface area contributed by atoms with Gasteiger partial charge in [0.1, 0.15) is 0 Å². The van der Waals surface area contributed by atoms with Gasteiger partial charge in [0.25, 0.3) is 5.56 Å². The predicted molar refractivity (Wildman–Crippen MR) is 74.5 cm³/mol. The van der Waals surface area contributed by atoms with Gasteiger partial charge in [-0.25, -0.2) is 4.98 Å². The maximum atomic E-state index is 11.9. The van der Waals surface area contributed by atoms with Crippen molar-refractivity contribution in [2.45, 2.75) is 18.9 Å². The predicted octanol–water partition coefficient (Wildman–Crippen LogP) is 1.16. The zero-order chi connectivity index (χ0) is 13.0. The van der Waals surface area contributed by atoms with Crippen LogP contribution < -0.4 is 10.5 Å². The van der Waals surface area contributed by atoms with E-state index in [9.17, 15) is 4.79 Å². The lowest BCUT2D eigenvalue weighted by atomic mass is 10.1. The Hall–Kier alpha value is -0.880. The molecule has 5 nitrogen and oxygen atoms in total. The number of anilines is 1. The lowest BCUT2D eigenvalue weighted by molar-refractivity contribution is 0.0479. The quantitative estimate of drug-likeness (QED) is 0.782. The maximum Gasteiger partial charge on any atom is 0.293 e. The third kappa shape index (κ3) is 3.11. The summed E-state index contributed by atoms with van der Waals surface area (Å²) >= 11 is 3.35. The molecule has 1 aliphatic heterocycles. The molecule has 0 saturated carbocycles. The van der Waals surface area contributed by atoms with Crippen LogP contribution in [-0.4, -0.2) is 40.7 Å². The van der Waals surface area contributed by atoms with E-state index in [2.05, 4.69) is 25.8 Å². The molecule has 1 aromatic rings. The Morgan fingerprint density at radius 3 is 2.89 bits per heavy atom. The summed E-state index contributed by atoms with van der Waals surface area (Å²) in [5.74, 6) is 0.555. The van der Waals surface area contributed by atoms with E-state index >= 15 is 0 Å². The molecule has 1 aromatic heterocycles. The highest BCUT2D eigenvalue weighted by Gasteiger charge is 2.22. The molecule has 100 valence electrons. The Morgan fingerprint density at radius 1 is 1.50 bits per heavy atom. The average Bonchev–Trinajstić information content (AvgIpc) is 2.40. The fourth-order valence-corrected chi connectivity index (χ4v) is 2.33. The Morgan fingerprint density at radius 2 is 2.22 bits per heavy atom. The SMILES string of the molecule is Cn1ccnc(N2CCC(OCCBr)CC2)c1=O. The Labute approximate surface area is 115 Å². The normalized spacial score (nSPS) is 17.1. The second kappa shape index (κ2) is 6.33. The summed E-state index contributed by atoms with van der Waals surface area (Å²) in [6.45, 7) is 2.41. The zero-order valence-electron chi connectivity index (χ0n) is 10.5. The van der Waals surface area contributed by atoms with Gasteiger partial charge in [-0.15, -0.1) is 0 Å². The minimum Gasteiger partial charge on any atom is -0.377 e. The molecule has 2 heterocycles. The first kappa shape index (κ1) is 13.5. The van der Waals surface area contributed by atoms with Gasteiger partial charge in [-0.1, -0.05) is 15.9 Å². The highest BCUT2D eigenvalue weighted by Crippen LogP contribution is 2.16. The van der Waals surface area contributed by atoms with E-state index in [4.69, 9.17) is 4.74 Å². The number of alkyl halides is 1. The second-order valence-corrected chi connectivity index (χ2v) is 5.21. The third-order valence-corrected chi connectivity index (χ3v) is 3.49. The number of rotatable bonds is 4. The summed E-state index contributed by atoms with van der Waals surface area (Å²) in [4.78, 5) is 18.2. The molecule has 18 heavy (non-hydrogen) atoms. The second-order valence-electron chi connectivity index (χ2n) is 4.41. The van der Waals surface area contributed by atoms with Crippen molar-refractivity contribution in [3.63, 3.8) is 0 Å². The van der Waals surface area contributed by atoms with E-state index in [1.165, 1.54) is 0 Å². The molecule has 0 unspecified atom stereocenters. The standard InChI is InChI=1S/C12H18BrN3O2/c1-15-8-5-14-11(12(15)17)16-6-2-10(3-7-16)18-9-4-13/h5,8,10H,2-4,6-7,9H2,1H3. The van der Waals surface area contributed by atoms with E-state index in [0.717, 1.165) is 37.9 Å². The molecule has 6 heteroatoms. The van der Waals surface area contributed by atoms with Crippen LogP contribution in [0.1, 0.15) is 12.8 Å². The third-order valence-electron chi connectivity index (χ3n) is 3.17. The van der Waals surface area contributed by atoms with Gasteiger partial charge in [0.05, 0.1) is 12.7 Å². The van der Waals surface area contributed by atoms with Crippen LogP contribution in [0.3, 0.4) is 0 Å². The molecule has 1 aliphatic rings. The Balaban J connectivity index is 1.97. The number of hydrogen-bond acceptors (Lipinski definition) is 4.